The van der Waals surface area contributed by atoms with Gasteiger partial charge in [0.15, 0.2) is 0 Å². The lowest BCUT2D eigenvalue weighted by atomic mass is 9.98. The summed E-state index contributed by atoms with van der Waals surface area (Å²) in [5.41, 5.74) is 4.44. The van der Waals surface area contributed by atoms with Crippen LogP contribution in [0.2, 0.25) is 0 Å². The largest absolute Gasteiger partial charge is 0.448 e. The van der Waals surface area contributed by atoms with Crippen LogP contribution >= 0.6 is 0 Å². The van der Waals surface area contributed by atoms with Gasteiger partial charge in [-0.15, -0.1) is 0 Å². The summed E-state index contributed by atoms with van der Waals surface area (Å²) in [6.07, 6.45) is 0.865. The molecule has 5 nitrogen and oxygen atoms in total. The van der Waals surface area contributed by atoms with Gasteiger partial charge in [0.05, 0.1) is 0 Å². The molecule has 1 aliphatic carbocycles. The fourth-order valence-electron chi connectivity index (χ4n) is 3.26. The summed E-state index contributed by atoms with van der Waals surface area (Å²) in [5, 5.41) is 2.48. The van der Waals surface area contributed by atoms with E-state index in [2.05, 4.69) is 34.6 Å². The molecule has 0 fully saturated rings. The predicted molar refractivity (Wildman–Crippen MR) is 95.8 cm³/mol. The van der Waals surface area contributed by atoms with Crippen molar-refractivity contribution >= 4 is 11.8 Å². The molecule has 3 aromatic rings. The van der Waals surface area contributed by atoms with Crippen LogP contribution in [0.5, 0.6) is 0 Å². The van der Waals surface area contributed by atoms with Crippen LogP contribution in [0, 0.1) is 0 Å². The zero-order chi connectivity index (χ0) is 17.2. The van der Waals surface area contributed by atoms with Crippen molar-refractivity contribution in [2.24, 2.45) is 0 Å². The van der Waals surface area contributed by atoms with Crippen LogP contribution < -0.4 is 10.9 Å². The number of pyridine rings is 1. The van der Waals surface area contributed by atoms with Gasteiger partial charge >= 0.3 is 6.09 Å². The zero-order valence-electron chi connectivity index (χ0n) is 13.4. The number of hydrogen-bond acceptors (Lipinski definition) is 3. The molecule has 0 bridgehead atoms. The lowest BCUT2D eigenvalue weighted by molar-refractivity contribution is 0.158. The molecule has 0 saturated carbocycles. The molecule has 2 N–H and O–H groups in total. The second-order valence-electron chi connectivity index (χ2n) is 5.86. The van der Waals surface area contributed by atoms with Gasteiger partial charge in [0.1, 0.15) is 12.3 Å². The van der Waals surface area contributed by atoms with Gasteiger partial charge in [-0.1, -0.05) is 48.5 Å². The van der Waals surface area contributed by atoms with Crippen LogP contribution in [-0.4, -0.2) is 17.7 Å². The molecule has 25 heavy (non-hydrogen) atoms. The Morgan fingerprint density at radius 1 is 0.960 bits per heavy atom. The third-order valence-corrected chi connectivity index (χ3v) is 4.40. The van der Waals surface area contributed by atoms with Gasteiger partial charge in [0, 0.05) is 12.1 Å². The molecule has 0 atom stereocenters. The smallest absolute Gasteiger partial charge is 0.411 e. The lowest BCUT2D eigenvalue weighted by Gasteiger charge is -2.14. The van der Waals surface area contributed by atoms with E-state index in [1.165, 1.54) is 23.4 Å². The average molecular weight is 332 g/mol. The summed E-state index contributed by atoms with van der Waals surface area (Å²) >= 11 is 0. The molecule has 5 heteroatoms. The number of hydrogen-bond donors (Lipinski definition) is 2. The molecular weight excluding hydrogens is 316 g/mol. The van der Waals surface area contributed by atoms with E-state index >= 15 is 0 Å². The number of ether oxygens (including phenoxy) is 1. The molecule has 0 spiro atoms. The van der Waals surface area contributed by atoms with Gasteiger partial charge in [-0.3, -0.25) is 10.1 Å². The summed E-state index contributed by atoms with van der Waals surface area (Å²) < 4.78 is 5.40. The van der Waals surface area contributed by atoms with E-state index in [0.717, 1.165) is 11.1 Å². The van der Waals surface area contributed by atoms with Gasteiger partial charge in [-0.2, -0.15) is 0 Å². The first kappa shape index (κ1) is 15.2. The van der Waals surface area contributed by atoms with Crippen molar-refractivity contribution in [2.45, 2.75) is 5.92 Å². The second-order valence-corrected chi connectivity index (χ2v) is 5.86. The highest BCUT2D eigenvalue weighted by Crippen LogP contribution is 2.44. The molecule has 1 amide bonds. The molecule has 4 rings (SSSR count). The van der Waals surface area contributed by atoms with Gasteiger partial charge in [0.25, 0.3) is 5.56 Å². The number of benzene rings is 2. The van der Waals surface area contributed by atoms with E-state index in [-0.39, 0.29) is 23.8 Å². The van der Waals surface area contributed by atoms with Crippen LogP contribution in [-0.2, 0) is 4.74 Å². The van der Waals surface area contributed by atoms with Gasteiger partial charge in [-0.05, 0) is 34.4 Å². The Morgan fingerprint density at radius 2 is 1.60 bits per heavy atom. The van der Waals surface area contributed by atoms with Crippen molar-refractivity contribution in [1.82, 2.24) is 4.98 Å². The van der Waals surface area contributed by atoms with E-state index < -0.39 is 6.09 Å². The maximum atomic E-state index is 12.1. The van der Waals surface area contributed by atoms with Crippen LogP contribution in [0.4, 0.5) is 10.5 Å². The molecule has 0 radical (unpaired) electrons. The summed E-state index contributed by atoms with van der Waals surface area (Å²) in [6, 6.07) is 19.4. The van der Waals surface area contributed by atoms with E-state index in [4.69, 9.17) is 4.74 Å². The van der Waals surface area contributed by atoms with E-state index in [1.54, 1.807) is 6.07 Å². The first-order valence-electron chi connectivity index (χ1n) is 8.04. The highest BCUT2D eigenvalue weighted by Gasteiger charge is 2.29. The predicted octanol–water partition coefficient (Wildman–Crippen LogP) is 3.74. The van der Waals surface area contributed by atoms with Gasteiger partial charge < -0.3 is 9.72 Å². The van der Waals surface area contributed by atoms with Crippen molar-refractivity contribution in [2.75, 3.05) is 11.9 Å². The first-order chi connectivity index (χ1) is 12.2. The van der Waals surface area contributed by atoms with Crippen LogP contribution in [0.25, 0.3) is 11.1 Å². The normalized spacial score (nSPS) is 12.3. The summed E-state index contributed by atoms with van der Waals surface area (Å²) in [5.74, 6) is -0.00722. The molecule has 1 aliphatic rings. The van der Waals surface area contributed by atoms with Gasteiger partial charge in [0.2, 0.25) is 0 Å². The minimum absolute atomic E-state index is 0.00722. The number of fused-ring (bicyclic) bond motifs is 3. The lowest BCUT2D eigenvalue weighted by Crippen LogP contribution is -2.22. The Labute approximate surface area is 144 Å². The average Bonchev–Trinajstić information content (AvgIpc) is 2.96. The fraction of sp³-hybridized carbons (Fsp3) is 0.100. The molecule has 124 valence electrons. The Balaban J connectivity index is 1.52. The molecule has 1 heterocycles. The van der Waals surface area contributed by atoms with Crippen LogP contribution in [0.3, 0.4) is 0 Å². The number of anilines is 1. The molecule has 0 aliphatic heterocycles. The highest BCUT2D eigenvalue weighted by atomic mass is 16.5. The zero-order valence-corrected chi connectivity index (χ0v) is 13.4. The Hall–Kier alpha value is -3.34. The van der Waals surface area contributed by atoms with E-state index in [0.29, 0.717) is 0 Å². The maximum Gasteiger partial charge on any atom is 0.411 e. The van der Waals surface area contributed by atoms with Crippen molar-refractivity contribution in [3.05, 3.63) is 88.3 Å². The Morgan fingerprint density at radius 3 is 2.24 bits per heavy atom. The number of rotatable bonds is 3. The minimum atomic E-state index is -0.640. The first-order valence-corrected chi connectivity index (χ1v) is 8.04. The highest BCUT2D eigenvalue weighted by molar-refractivity contribution is 5.84. The number of aromatic amines is 1. The summed E-state index contributed by atoms with van der Waals surface area (Å²) in [4.78, 5) is 26.2. The minimum Gasteiger partial charge on any atom is -0.448 e. The standard InChI is InChI=1S/C20H16N2O3/c23-19-18(10-5-11-21-19)22-20(24)25-12-17-15-8-3-1-6-13(15)14-7-2-4-9-16(14)17/h1-11,17H,12H2,(H,21,23)(H,22,24). The molecule has 0 unspecified atom stereocenters. The number of carbonyl (C=O) groups excluding carboxylic acids is 1. The monoisotopic (exact) mass is 332 g/mol. The fourth-order valence-corrected chi connectivity index (χ4v) is 3.26. The van der Waals surface area contributed by atoms with Gasteiger partial charge in [-0.25, -0.2) is 4.79 Å². The molecule has 0 saturated heterocycles. The quantitative estimate of drug-likeness (QED) is 0.767. The maximum absolute atomic E-state index is 12.1. The van der Waals surface area contributed by atoms with Crippen LogP contribution in [0.1, 0.15) is 17.0 Å². The third-order valence-electron chi connectivity index (χ3n) is 4.40. The molecule has 2 aromatic carbocycles. The van der Waals surface area contributed by atoms with E-state index in [9.17, 15) is 9.59 Å². The molecular formula is C20H16N2O3. The number of aromatic nitrogens is 1. The van der Waals surface area contributed by atoms with Crippen molar-refractivity contribution in [1.29, 1.82) is 0 Å². The number of carbonyl (C=O) groups is 1. The summed E-state index contributed by atoms with van der Waals surface area (Å²) in [7, 11) is 0. The molecule has 1 aromatic heterocycles. The SMILES string of the molecule is O=C(Nc1ccc[nH]c1=O)OCC1c2ccccc2-c2ccccc21. The second kappa shape index (κ2) is 6.28. The summed E-state index contributed by atoms with van der Waals surface area (Å²) in [6.45, 7) is 0.213. The number of amides is 1. The number of H-pyrrole nitrogens is 1. The van der Waals surface area contributed by atoms with Crippen molar-refractivity contribution < 1.29 is 9.53 Å². The van der Waals surface area contributed by atoms with E-state index in [1.807, 2.05) is 24.3 Å². The van der Waals surface area contributed by atoms with Crippen LogP contribution in [0.15, 0.2) is 71.7 Å². The van der Waals surface area contributed by atoms with Crippen molar-refractivity contribution in [3.63, 3.8) is 0 Å². The number of nitrogens with one attached hydrogen (secondary N) is 2. The Kier molecular flexibility index (Phi) is 3.82. The van der Waals surface area contributed by atoms with Crippen molar-refractivity contribution in [3.8, 4) is 11.1 Å². The topological polar surface area (TPSA) is 71.2 Å². The third kappa shape index (κ3) is 2.80. The Bertz CT molecular complexity index is 948.